The van der Waals surface area contributed by atoms with Crippen LogP contribution in [-0.2, 0) is 11.3 Å². The number of halogens is 2. The summed E-state index contributed by atoms with van der Waals surface area (Å²) in [6.07, 6.45) is 3.79. The predicted molar refractivity (Wildman–Crippen MR) is 130 cm³/mol. The molecule has 0 spiro atoms. The molecule has 5 rings (SSSR count). The number of thioether (sulfide) groups is 1. The van der Waals surface area contributed by atoms with Crippen molar-refractivity contribution in [1.29, 1.82) is 0 Å². The van der Waals surface area contributed by atoms with Gasteiger partial charge in [0.05, 0.1) is 22.2 Å². The van der Waals surface area contributed by atoms with Crippen LogP contribution >= 0.6 is 23.4 Å². The Bertz CT molecular complexity index is 1410. The molecule has 1 saturated heterocycles. The molecule has 158 valence electrons. The minimum atomic E-state index is -0.240. The highest BCUT2D eigenvalue weighted by molar-refractivity contribution is 8.18. The van der Waals surface area contributed by atoms with E-state index in [4.69, 9.17) is 11.6 Å². The number of benzene rings is 3. The smallest absolute Gasteiger partial charge is 0.264 e. The van der Waals surface area contributed by atoms with E-state index in [0.29, 0.717) is 32.9 Å². The summed E-state index contributed by atoms with van der Waals surface area (Å²) >= 11 is 7.44. The second kappa shape index (κ2) is 8.65. The molecule has 1 amide bonds. The molecule has 1 aromatic heterocycles. The predicted octanol–water partition coefficient (Wildman–Crippen LogP) is 6.37. The molecule has 1 aliphatic rings. The van der Waals surface area contributed by atoms with Crippen molar-refractivity contribution < 1.29 is 9.18 Å². The average molecular weight is 462 g/mol. The van der Waals surface area contributed by atoms with Gasteiger partial charge < -0.3 is 9.88 Å². The van der Waals surface area contributed by atoms with E-state index in [2.05, 4.69) is 10.3 Å². The number of nitrogens with one attached hydrogen (secondary N) is 1. The molecule has 1 N–H and O–H groups in total. The first-order chi connectivity index (χ1) is 15.6. The Morgan fingerprint density at radius 2 is 1.78 bits per heavy atom. The molecule has 0 radical (unpaired) electrons. The molecule has 0 unspecified atom stereocenters. The van der Waals surface area contributed by atoms with Crippen LogP contribution in [0.1, 0.15) is 11.1 Å². The first-order valence-electron chi connectivity index (χ1n) is 9.94. The fraction of sp³-hybridized carbons (Fsp3) is 0.0400. The van der Waals surface area contributed by atoms with Crippen LogP contribution < -0.4 is 5.32 Å². The zero-order chi connectivity index (χ0) is 22.1. The van der Waals surface area contributed by atoms with E-state index in [9.17, 15) is 9.18 Å². The van der Waals surface area contributed by atoms with Gasteiger partial charge in [0.1, 0.15) is 5.82 Å². The SMILES string of the molecule is O=C1NC(=Nc2ccccc2Cl)S/C1=C/c1cn(Cc2ccccc2F)c2ccccc12. The van der Waals surface area contributed by atoms with Crippen LogP contribution in [0.2, 0.25) is 5.02 Å². The molecule has 0 bridgehead atoms. The second-order valence-corrected chi connectivity index (χ2v) is 8.69. The third-order valence-corrected chi connectivity index (χ3v) is 6.36. The molecular formula is C25H17ClFN3OS. The molecule has 32 heavy (non-hydrogen) atoms. The largest absolute Gasteiger partial charge is 0.342 e. The molecule has 1 fully saturated rings. The van der Waals surface area contributed by atoms with Crippen LogP contribution in [0.5, 0.6) is 0 Å². The highest BCUT2D eigenvalue weighted by Crippen LogP contribution is 2.32. The molecule has 4 nitrogen and oxygen atoms in total. The van der Waals surface area contributed by atoms with E-state index in [-0.39, 0.29) is 11.7 Å². The van der Waals surface area contributed by atoms with E-state index in [1.807, 2.05) is 59.3 Å². The first kappa shape index (κ1) is 20.5. The maximum atomic E-state index is 14.2. The number of rotatable bonds is 4. The van der Waals surface area contributed by atoms with E-state index in [1.54, 1.807) is 24.3 Å². The van der Waals surface area contributed by atoms with Gasteiger partial charge in [-0.3, -0.25) is 4.79 Å². The molecule has 4 aromatic rings. The lowest BCUT2D eigenvalue weighted by Crippen LogP contribution is -2.19. The standard InChI is InChI=1S/C25H17ClFN3OS/c26-19-9-3-5-11-21(19)28-25-29-24(31)23(32-25)13-17-15-30(22-12-6-2-8-18(17)22)14-16-7-1-4-10-20(16)27/h1-13,15H,14H2,(H,28,29,31)/b23-13+. The van der Waals surface area contributed by atoms with Crippen LogP contribution in [0.3, 0.4) is 0 Å². The first-order valence-corrected chi connectivity index (χ1v) is 11.1. The van der Waals surface area contributed by atoms with Crippen molar-refractivity contribution in [3.63, 3.8) is 0 Å². The maximum Gasteiger partial charge on any atom is 0.264 e. The monoisotopic (exact) mass is 461 g/mol. The van der Waals surface area contributed by atoms with Gasteiger partial charge in [-0.15, -0.1) is 0 Å². The Hall–Kier alpha value is -3.35. The van der Waals surface area contributed by atoms with E-state index in [1.165, 1.54) is 17.8 Å². The number of amides is 1. The number of fused-ring (bicyclic) bond motifs is 1. The van der Waals surface area contributed by atoms with Crippen molar-refractivity contribution >= 4 is 57.1 Å². The summed E-state index contributed by atoms with van der Waals surface area (Å²) in [4.78, 5) is 17.6. The van der Waals surface area contributed by atoms with Crippen LogP contribution in [0.4, 0.5) is 10.1 Å². The number of hydrogen-bond donors (Lipinski definition) is 1. The van der Waals surface area contributed by atoms with Gasteiger partial charge in [-0.05, 0) is 42.1 Å². The Morgan fingerprint density at radius 1 is 1.03 bits per heavy atom. The molecule has 0 saturated carbocycles. The number of aliphatic imine (C=N–C) groups is 1. The molecule has 0 atom stereocenters. The van der Waals surface area contributed by atoms with Crippen molar-refractivity contribution in [3.05, 3.63) is 106 Å². The lowest BCUT2D eigenvalue weighted by molar-refractivity contribution is -0.115. The Labute approximate surface area is 193 Å². The van der Waals surface area contributed by atoms with Gasteiger partial charge in [0.15, 0.2) is 5.17 Å². The molecule has 7 heteroatoms. The minimum absolute atomic E-state index is 0.216. The highest BCUT2D eigenvalue weighted by atomic mass is 35.5. The van der Waals surface area contributed by atoms with Gasteiger partial charge in [0.25, 0.3) is 5.91 Å². The van der Waals surface area contributed by atoms with E-state index >= 15 is 0 Å². The molecule has 1 aliphatic heterocycles. The van der Waals surface area contributed by atoms with Crippen LogP contribution in [-0.4, -0.2) is 15.6 Å². The summed E-state index contributed by atoms with van der Waals surface area (Å²) in [7, 11) is 0. The lowest BCUT2D eigenvalue weighted by atomic mass is 10.1. The Balaban J connectivity index is 1.49. The summed E-state index contributed by atoms with van der Waals surface area (Å²) in [5, 5.41) is 4.77. The van der Waals surface area contributed by atoms with Gasteiger partial charge in [0.2, 0.25) is 0 Å². The van der Waals surface area contributed by atoms with Crippen LogP contribution in [0.25, 0.3) is 17.0 Å². The number of carbonyl (C=O) groups is 1. The fourth-order valence-electron chi connectivity index (χ4n) is 3.60. The molecular weight excluding hydrogens is 445 g/mol. The lowest BCUT2D eigenvalue weighted by Gasteiger charge is -2.06. The Kier molecular flexibility index (Phi) is 5.55. The normalized spacial score (nSPS) is 16.2. The summed E-state index contributed by atoms with van der Waals surface area (Å²) in [5.41, 5.74) is 3.05. The number of hydrogen-bond acceptors (Lipinski definition) is 3. The van der Waals surface area contributed by atoms with Crippen molar-refractivity contribution in [2.45, 2.75) is 6.54 Å². The Morgan fingerprint density at radius 3 is 2.62 bits per heavy atom. The number of carbonyl (C=O) groups excluding carboxylic acids is 1. The van der Waals surface area contributed by atoms with Gasteiger partial charge >= 0.3 is 0 Å². The average Bonchev–Trinajstić information content (AvgIpc) is 3.31. The highest BCUT2D eigenvalue weighted by Gasteiger charge is 2.24. The van der Waals surface area contributed by atoms with Crippen LogP contribution in [0.15, 0.2) is 88.9 Å². The summed E-state index contributed by atoms with van der Waals surface area (Å²) in [5.74, 6) is -0.455. The molecule has 0 aliphatic carbocycles. The van der Waals surface area contributed by atoms with Gasteiger partial charge in [-0.1, -0.05) is 60.1 Å². The van der Waals surface area contributed by atoms with Gasteiger partial charge in [-0.25, -0.2) is 9.38 Å². The van der Waals surface area contributed by atoms with Gasteiger partial charge in [-0.2, -0.15) is 0 Å². The number of amidine groups is 1. The van der Waals surface area contributed by atoms with Crippen molar-refractivity contribution in [2.75, 3.05) is 0 Å². The zero-order valence-corrected chi connectivity index (χ0v) is 18.3. The quantitative estimate of drug-likeness (QED) is 0.359. The molecule has 3 aromatic carbocycles. The summed E-state index contributed by atoms with van der Waals surface area (Å²) < 4.78 is 16.2. The summed E-state index contributed by atoms with van der Waals surface area (Å²) in [6, 6.07) is 21.8. The van der Waals surface area contributed by atoms with E-state index in [0.717, 1.165) is 16.5 Å². The number of para-hydroxylation sites is 2. The van der Waals surface area contributed by atoms with Crippen LogP contribution in [0, 0.1) is 5.82 Å². The second-order valence-electron chi connectivity index (χ2n) is 7.25. The van der Waals surface area contributed by atoms with Crippen molar-refractivity contribution in [1.82, 2.24) is 9.88 Å². The van der Waals surface area contributed by atoms with E-state index < -0.39 is 0 Å². The zero-order valence-electron chi connectivity index (χ0n) is 16.8. The third-order valence-electron chi connectivity index (χ3n) is 5.13. The van der Waals surface area contributed by atoms with Crippen molar-refractivity contribution in [2.24, 2.45) is 4.99 Å². The number of nitrogens with zero attached hydrogens (tertiary/aromatic N) is 2. The van der Waals surface area contributed by atoms with Gasteiger partial charge in [0, 0.05) is 28.2 Å². The third kappa shape index (κ3) is 4.07. The number of aromatic nitrogens is 1. The minimum Gasteiger partial charge on any atom is -0.342 e. The summed E-state index contributed by atoms with van der Waals surface area (Å²) in [6.45, 7) is 0.398. The molecule has 2 heterocycles. The maximum absolute atomic E-state index is 14.2. The van der Waals surface area contributed by atoms with Crippen molar-refractivity contribution in [3.8, 4) is 0 Å². The topological polar surface area (TPSA) is 46.4 Å². The fourth-order valence-corrected chi connectivity index (χ4v) is 4.61.